The van der Waals surface area contributed by atoms with Crippen molar-refractivity contribution in [1.82, 2.24) is 9.13 Å². The summed E-state index contributed by atoms with van der Waals surface area (Å²) in [6.45, 7) is 0.331. The zero-order valence-corrected chi connectivity index (χ0v) is 8.28. The minimum atomic E-state index is -0.423. The Morgan fingerprint density at radius 3 is 2.29 bits per heavy atom. The SMILES string of the molecule is Cn1c(N)c(CCN)c(=O)n(C)c1=O. The lowest BCUT2D eigenvalue weighted by atomic mass is 10.2. The molecule has 0 spiro atoms. The minimum absolute atomic E-state index is 0.198. The third kappa shape index (κ3) is 1.44. The molecule has 0 unspecified atom stereocenters. The summed E-state index contributed by atoms with van der Waals surface area (Å²) >= 11 is 0. The van der Waals surface area contributed by atoms with E-state index >= 15 is 0 Å². The molecule has 78 valence electrons. The van der Waals surface area contributed by atoms with Gasteiger partial charge in [0.25, 0.3) is 5.56 Å². The number of anilines is 1. The lowest BCUT2D eigenvalue weighted by molar-refractivity contribution is 0.676. The van der Waals surface area contributed by atoms with Gasteiger partial charge in [-0.2, -0.15) is 0 Å². The highest BCUT2D eigenvalue weighted by Crippen LogP contribution is 2.01. The summed E-state index contributed by atoms with van der Waals surface area (Å²) < 4.78 is 2.27. The van der Waals surface area contributed by atoms with Crippen LogP contribution in [-0.2, 0) is 20.5 Å². The molecule has 1 rings (SSSR count). The summed E-state index contributed by atoms with van der Waals surface area (Å²) in [6.07, 6.45) is 0.382. The Morgan fingerprint density at radius 1 is 1.21 bits per heavy atom. The summed E-state index contributed by atoms with van der Waals surface area (Å²) in [5.41, 5.74) is 10.6. The van der Waals surface area contributed by atoms with E-state index in [0.29, 0.717) is 18.5 Å². The second-order valence-electron chi connectivity index (χ2n) is 3.11. The molecule has 0 fully saturated rings. The molecule has 6 nitrogen and oxygen atoms in total. The number of hydrogen-bond acceptors (Lipinski definition) is 4. The first-order chi connectivity index (χ1) is 6.50. The fourth-order valence-electron chi connectivity index (χ4n) is 1.31. The van der Waals surface area contributed by atoms with Crippen LogP contribution in [0, 0.1) is 0 Å². The van der Waals surface area contributed by atoms with Gasteiger partial charge in [-0.05, 0) is 13.0 Å². The van der Waals surface area contributed by atoms with Gasteiger partial charge < -0.3 is 11.5 Å². The van der Waals surface area contributed by atoms with Gasteiger partial charge >= 0.3 is 5.69 Å². The van der Waals surface area contributed by atoms with Crippen molar-refractivity contribution in [3.63, 3.8) is 0 Å². The highest BCUT2D eigenvalue weighted by molar-refractivity contribution is 5.38. The minimum Gasteiger partial charge on any atom is -0.385 e. The monoisotopic (exact) mass is 198 g/mol. The third-order valence-electron chi connectivity index (χ3n) is 2.20. The largest absolute Gasteiger partial charge is 0.385 e. The standard InChI is InChI=1S/C8H14N4O2/c1-11-6(10)5(3-4-9)7(13)12(2)8(11)14/h3-4,9-10H2,1-2H3. The maximum Gasteiger partial charge on any atom is 0.332 e. The van der Waals surface area contributed by atoms with E-state index in [4.69, 9.17) is 11.5 Å². The van der Waals surface area contributed by atoms with Gasteiger partial charge in [0, 0.05) is 14.1 Å². The second kappa shape index (κ2) is 3.67. The molecule has 0 amide bonds. The Labute approximate surface area is 80.8 Å². The lowest BCUT2D eigenvalue weighted by Crippen LogP contribution is -2.40. The molecule has 1 heterocycles. The normalized spacial score (nSPS) is 10.5. The first kappa shape index (κ1) is 10.5. The van der Waals surface area contributed by atoms with E-state index in [2.05, 4.69) is 0 Å². The van der Waals surface area contributed by atoms with Crippen molar-refractivity contribution < 1.29 is 0 Å². The highest BCUT2D eigenvalue weighted by Gasteiger charge is 2.11. The van der Waals surface area contributed by atoms with E-state index < -0.39 is 5.69 Å². The van der Waals surface area contributed by atoms with Gasteiger partial charge in [0.2, 0.25) is 0 Å². The van der Waals surface area contributed by atoms with E-state index in [-0.39, 0.29) is 11.4 Å². The molecule has 0 aliphatic heterocycles. The number of nitrogens with two attached hydrogens (primary N) is 2. The molecule has 0 aliphatic rings. The molecule has 0 bridgehead atoms. The van der Waals surface area contributed by atoms with Crippen LogP contribution in [0.1, 0.15) is 5.56 Å². The molecule has 0 radical (unpaired) electrons. The van der Waals surface area contributed by atoms with E-state index in [1.165, 1.54) is 18.7 Å². The smallest absolute Gasteiger partial charge is 0.332 e. The van der Waals surface area contributed by atoms with Gasteiger partial charge in [-0.15, -0.1) is 0 Å². The molecule has 1 aromatic heterocycles. The van der Waals surface area contributed by atoms with E-state index in [1.807, 2.05) is 0 Å². The van der Waals surface area contributed by atoms with Crippen LogP contribution in [0.5, 0.6) is 0 Å². The molecule has 4 N–H and O–H groups in total. The quantitative estimate of drug-likeness (QED) is 0.584. The molecular weight excluding hydrogens is 184 g/mol. The van der Waals surface area contributed by atoms with Gasteiger partial charge in [0.05, 0.1) is 5.56 Å². The van der Waals surface area contributed by atoms with E-state index in [9.17, 15) is 9.59 Å². The third-order valence-corrected chi connectivity index (χ3v) is 2.20. The van der Waals surface area contributed by atoms with E-state index in [0.717, 1.165) is 4.57 Å². The Hall–Kier alpha value is -1.56. The molecule has 0 atom stereocenters. The van der Waals surface area contributed by atoms with Crippen molar-refractivity contribution in [3.05, 3.63) is 26.4 Å². The van der Waals surface area contributed by atoms with Crippen molar-refractivity contribution in [2.45, 2.75) is 6.42 Å². The first-order valence-corrected chi connectivity index (χ1v) is 4.25. The Balaban J connectivity index is 3.60. The molecule has 0 aliphatic carbocycles. The fraction of sp³-hybridized carbons (Fsp3) is 0.500. The van der Waals surface area contributed by atoms with Gasteiger partial charge in [-0.1, -0.05) is 0 Å². The Bertz CT molecular complexity index is 458. The second-order valence-corrected chi connectivity index (χ2v) is 3.11. The zero-order valence-electron chi connectivity index (χ0n) is 8.28. The summed E-state index contributed by atoms with van der Waals surface area (Å²) in [4.78, 5) is 22.9. The van der Waals surface area contributed by atoms with Crippen LogP contribution in [0.3, 0.4) is 0 Å². The van der Waals surface area contributed by atoms with Crippen molar-refractivity contribution >= 4 is 5.82 Å². The molecule has 0 saturated carbocycles. The van der Waals surface area contributed by atoms with Crippen molar-refractivity contribution in [1.29, 1.82) is 0 Å². The summed E-state index contributed by atoms with van der Waals surface area (Å²) in [6, 6.07) is 0. The summed E-state index contributed by atoms with van der Waals surface area (Å²) in [7, 11) is 2.95. The number of nitrogens with zero attached hydrogens (tertiary/aromatic N) is 2. The summed E-state index contributed by atoms with van der Waals surface area (Å²) in [5.74, 6) is 0.198. The van der Waals surface area contributed by atoms with Gasteiger partial charge in [-0.3, -0.25) is 13.9 Å². The average Bonchev–Trinajstić information content (AvgIpc) is 2.19. The molecular formula is C8H14N4O2. The van der Waals surface area contributed by atoms with Crippen LogP contribution in [0.2, 0.25) is 0 Å². The predicted octanol–water partition coefficient (Wildman–Crippen LogP) is -1.83. The molecule has 1 aromatic rings. The van der Waals surface area contributed by atoms with Gasteiger partial charge in [0.1, 0.15) is 5.82 Å². The number of aromatic nitrogens is 2. The summed E-state index contributed by atoms with van der Waals surface area (Å²) in [5, 5.41) is 0. The van der Waals surface area contributed by atoms with Crippen LogP contribution >= 0.6 is 0 Å². The molecule has 0 aromatic carbocycles. The van der Waals surface area contributed by atoms with Crippen LogP contribution in [0.4, 0.5) is 5.82 Å². The zero-order chi connectivity index (χ0) is 10.9. The van der Waals surface area contributed by atoms with Crippen LogP contribution in [-0.4, -0.2) is 15.7 Å². The van der Waals surface area contributed by atoms with Crippen molar-refractivity contribution in [3.8, 4) is 0 Å². The van der Waals surface area contributed by atoms with Crippen LogP contribution < -0.4 is 22.7 Å². The maximum atomic E-state index is 11.6. The topological polar surface area (TPSA) is 96.0 Å². The van der Waals surface area contributed by atoms with Crippen LogP contribution in [0.25, 0.3) is 0 Å². The molecule has 14 heavy (non-hydrogen) atoms. The van der Waals surface area contributed by atoms with Crippen LogP contribution in [0.15, 0.2) is 9.59 Å². The Morgan fingerprint density at radius 2 is 1.79 bits per heavy atom. The number of rotatable bonds is 2. The average molecular weight is 198 g/mol. The first-order valence-electron chi connectivity index (χ1n) is 4.25. The van der Waals surface area contributed by atoms with Gasteiger partial charge in [0.15, 0.2) is 0 Å². The fourth-order valence-corrected chi connectivity index (χ4v) is 1.31. The number of hydrogen-bond donors (Lipinski definition) is 2. The maximum absolute atomic E-state index is 11.6. The van der Waals surface area contributed by atoms with Gasteiger partial charge in [-0.25, -0.2) is 4.79 Å². The molecule has 6 heteroatoms. The lowest BCUT2D eigenvalue weighted by Gasteiger charge is -2.10. The van der Waals surface area contributed by atoms with E-state index in [1.54, 1.807) is 0 Å². The Kier molecular flexibility index (Phi) is 2.76. The van der Waals surface area contributed by atoms with Crippen molar-refractivity contribution in [2.75, 3.05) is 12.3 Å². The molecule has 0 saturated heterocycles. The van der Waals surface area contributed by atoms with Crippen molar-refractivity contribution in [2.24, 2.45) is 19.8 Å². The number of nitrogen functional groups attached to an aromatic ring is 1. The predicted molar refractivity (Wildman–Crippen MR) is 54.1 cm³/mol. The highest BCUT2D eigenvalue weighted by atomic mass is 16.2.